The SMILES string of the molecule is N#CCc1c(C(=O)NC(CCc2ccccc2)C(N)=O)nn(-c2ccc(Cl)cc2Cl)c1-c1ccc(Cl)cc1. The summed E-state index contributed by atoms with van der Waals surface area (Å²) < 4.78 is 1.49. The molecule has 3 N–H and O–H groups in total. The minimum Gasteiger partial charge on any atom is -0.368 e. The molecule has 0 fully saturated rings. The van der Waals surface area contributed by atoms with Gasteiger partial charge in [0.1, 0.15) is 6.04 Å². The lowest BCUT2D eigenvalue weighted by atomic mass is 10.0. The van der Waals surface area contributed by atoms with Crippen molar-refractivity contribution in [3.63, 3.8) is 0 Å². The average Bonchev–Trinajstić information content (AvgIpc) is 3.26. The monoisotopic (exact) mass is 565 g/mol. The molecule has 0 saturated heterocycles. The fourth-order valence-electron chi connectivity index (χ4n) is 4.08. The Hall–Kier alpha value is -3.83. The summed E-state index contributed by atoms with van der Waals surface area (Å²) in [5.74, 6) is -1.31. The van der Waals surface area contributed by atoms with Gasteiger partial charge in [-0.3, -0.25) is 9.59 Å². The Morgan fingerprint density at radius 3 is 2.32 bits per heavy atom. The number of nitrogens with one attached hydrogen (secondary N) is 1. The Bertz CT molecular complexity index is 1510. The summed E-state index contributed by atoms with van der Waals surface area (Å²) in [6.07, 6.45) is 0.703. The summed E-state index contributed by atoms with van der Waals surface area (Å²) >= 11 is 18.7. The van der Waals surface area contributed by atoms with Gasteiger partial charge in [0, 0.05) is 21.2 Å². The molecule has 2 amide bonds. The molecule has 3 aromatic carbocycles. The highest BCUT2D eigenvalue weighted by molar-refractivity contribution is 6.35. The normalized spacial score (nSPS) is 11.5. The third-order valence-corrected chi connectivity index (χ3v) is 6.71. The zero-order valence-corrected chi connectivity index (χ0v) is 22.3. The minimum atomic E-state index is -0.944. The molecule has 0 aliphatic rings. The summed E-state index contributed by atoms with van der Waals surface area (Å²) in [4.78, 5) is 25.7. The lowest BCUT2D eigenvalue weighted by Gasteiger charge is -2.15. The summed E-state index contributed by atoms with van der Waals surface area (Å²) in [5.41, 5.74) is 8.56. The molecule has 0 spiro atoms. The van der Waals surface area contributed by atoms with Crippen molar-refractivity contribution < 1.29 is 9.59 Å². The number of aryl methyl sites for hydroxylation is 1. The lowest BCUT2D eigenvalue weighted by Crippen LogP contribution is -2.45. The molecule has 0 bridgehead atoms. The summed E-state index contributed by atoms with van der Waals surface area (Å²) in [6.45, 7) is 0. The third-order valence-electron chi connectivity index (χ3n) is 5.92. The zero-order chi connectivity index (χ0) is 27.2. The Labute approximate surface area is 234 Å². The number of amides is 2. The number of rotatable bonds is 9. The van der Waals surface area contributed by atoms with Crippen LogP contribution < -0.4 is 11.1 Å². The molecule has 1 unspecified atom stereocenters. The van der Waals surface area contributed by atoms with Gasteiger partial charge < -0.3 is 11.1 Å². The van der Waals surface area contributed by atoms with Crippen LogP contribution in [0.1, 0.15) is 28.0 Å². The first-order chi connectivity index (χ1) is 18.3. The van der Waals surface area contributed by atoms with Gasteiger partial charge in [0.25, 0.3) is 5.91 Å². The van der Waals surface area contributed by atoms with Crippen LogP contribution in [-0.2, 0) is 17.6 Å². The number of hydrogen-bond acceptors (Lipinski definition) is 4. The van der Waals surface area contributed by atoms with Crippen LogP contribution in [0.2, 0.25) is 15.1 Å². The first kappa shape index (κ1) is 27.2. The zero-order valence-electron chi connectivity index (χ0n) is 20.0. The molecule has 7 nitrogen and oxygen atoms in total. The largest absolute Gasteiger partial charge is 0.368 e. The fourth-order valence-corrected chi connectivity index (χ4v) is 4.69. The van der Waals surface area contributed by atoms with Crippen molar-refractivity contribution >= 4 is 46.6 Å². The molecule has 0 saturated carbocycles. The minimum absolute atomic E-state index is 0.0199. The van der Waals surface area contributed by atoms with Crippen LogP contribution in [0.5, 0.6) is 0 Å². The Morgan fingerprint density at radius 2 is 1.68 bits per heavy atom. The van der Waals surface area contributed by atoms with E-state index in [1.54, 1.807) is 42.5 Å². The molecule has 4 rings (SSSR count). The topological polar surface area (TPSA) is 114 Å². The second-order valence-corrected chi connectivity index (χ2v) is 9.76. The van der Waals surface area contributed by atoms with Crippen LogP contribution in [0.15, 0.2) is 72.8 Å². The van der Waals surface area contributed by atoms with Gasteiger partial charge in [0.15, 0.2) is 5.69 Å². The number of aromatic nitrogens is 2. The molecular formula is C28H22Cl3N5O2. The van der Waals surface area contributed by atoms with Crippen molar-refractivity contribution in [3.05, 3.63) is 105 Å². The quantitative estimate of drug-likeness (QED) is 0.267. The van der Waals surface area contributed by atoms with Gasteiger partial charge in [-0.2, -0.15) is 10.4 Å². The predicted molar refractivity (Wildman–Crippen MR) is 149 cm³/mol. The number of halogens is 3. The van der Waals surface area contributed by atoms with E-state index in [1.807, 2.05) is 30.3 Å². The standard InChI is InChI=1S/C28H22Cl3N5O2/c29-19-9-7-18(8-10-19)26-21(14-15-32)25(35-36(26)24-13-11-20(30)16-22(24)31)28(38)34-23(27(33)37)12-6-17-4-2-1-3-5-17/h1-5,7-11,13,16,23H,6,12,14H2,(H2,33,37)(H,34,38). The molecular weight excluding hydrogens is 545 g/mol. The molecule has 192 valence electrons. The van der Waals surface area contributed by atoms with Crippen molar-refractivity contribution in [1.82, 2.24) is 15.1 Å². The van der Waals surface area contributed by atoms with Gasteiger partial charge >= 0.3 is 0 Å². The number of carbonyl (C=O) groups excluding carboxylic acids is 2. The third kappa shape index (κ3) is 6.17. The maximum atomic E-state index is 13.5. The van der Waals surface area contributed by atoms with Gasteiger partial charge in [-0.05, 0) is 48.7 Å². The highest BCUT2D eigenvalue weighted by atomic mass is 35.5. The molecule has 38 heavy (non-hydrogen) atoms. The first-order valence-electron chi connectivity index (χ1n) is 11.6. The summed E-state index contributed by atoms with van der Waals surface area (Å²) in [7, 11) is 0. The Balaban J connectivity index is 1.77. The van der Waals surface area contributed by atoms with Crippen LogP contribution in [0.25, 0.3) is 16.9 Å². The van der Waals surface area contributed by atoms with E-state index >= 15 is 0 Å². The number of benzene rings is 3. The smallest absolute Gasteiger partial charge is 0.272 e. The van der Waals surface area contributed by atoms with Crippen LogP contribution >= 0.6 is 34.8 Å². The van der Waals surface area contributed by atoms with E-state index in [0.29, 0.717) is 50.4 Å². The highest BCUT2D eigenvalue weighted by Crippen LogP contribution is 2.34. The first-order valence-corrected chi connectivity index (χ1v) is 12.8. The van der Waals surface area contributed by atoms with Crippen LogP contribution in [0, 0.1) is 11.3 Å². The summed E-state index contributed by atoms with van der Waals surface area (Å²) in [6, 6.07) is 22.5. The molecule has 0 aliphatic heterocycles. The van der Waals surface area contributed by atoms with E-state index in [9.17, 15) is 14.9 Å². The van der Waals surface area contributed by atoms with E-state index in [1.165, 1.54) is 4.68 Å². The van der Waals surface area contributed by atoms with E-state index in [-0.39, 0.29) is 12.1 Å². The van der Waals surface area contributed by atoms with Crippen LogP contribution in [0.3, 0.4) is 0 Å². The number of carbonyl (C=O) groups is 2. The predicted octanol–water partition coefficient (Wildman–Crippen LogP) is 5.78. The van der Waals surface area contributed by atoms with Crippen molar-refractivity contribution in [2.75, 3.05) is 0 Å². The molecule has 0 radical (unpaired) electrons. The fraction of sp³-hybridized carbons (Fsp3) is 0.143. The summed E-state index contributed by atoms with van der Waals surface area (Å²) in [5, 5.41) is 18.1. The Kier molecular flexibility index (Phi) is 8.70. The maximum absolute atomic E-state index is 13.5. The molecule has 1 heterocycles. The van der Waals surface area contributed by atoms with E-state index in [2.05, 4.69) is 16.5 Å². The highest BCUT2D eigenvalue weighted by Gasteiger charge is 2.28. The molecule has 0 aliphatic carbocycles. The van der Waals surface area contributed by atoms with Crippen molar-refractivity contribution in [1.29, 1.82) is 5.26 Å². The number of hydrogen-bond donors (Lipinski definition) is 2. The van der Waals surface area contributed by atoms with Gasteiger partial charge in [0.2, 0.25) is 5.91 Å². The van der Waals surface area contributed by atoms with Gasteiger partial charge in [-0.1, -0.05) is 77.3 Å². The number of nitriles is 1. The molecule has 1 atom stereocenters. The average molecular weight is 567 g/mol. The molecule has 4 aromatic rings. The van der Waals surface area contributed by atoms with Crippen LogP contribution in [-0.4, -0.2) is 27.6 Å². The number of nitrogens with zero attached hydrogens (tertiary/aromatic N) is 3. The van der Waals surface area contributed by atoms with E-state index in [4.69, 9.17) is 40.5 Å². The van der Waals surface area contributed by atoms with E-state index in [0.717, 1.165) is 5.56 Å². The van der Waals surface area contributed by atoms with E-state index < -0.39 is 17.9 Å². The Morgan fingerprint density at radius 1 is 1.00 bits per heavy atom. The van der Waals surface area contributed by atoms with Crippen molar-refractivity contribution in [2.45, 2.75) is 25.3 Å². The number of nitrogens with two attached hydrogens (primary N) is 1. The second-order valence-electron chi connectivity index (χ2n) is 8.48. The van der Waals surface area contributed by atoms with Gasteiger partial charge in [-0.25, -0.2) is 4.68 Å². The number of primary amides is 1. The molecule has 1 aromatic heterocycles. The lowest BCUT2D eigenvalue weighted by molar-refractivity contribution is -0.120. The van der Waals surface area contributed by atoms with Gasteiger partial charge in [-0.15, -0.1) is 0 Å². The van der Waals surface area contributed by atoms with Gasteiger partial charge in [0.05, 0.1) is 28.9 Å². The maximum Gasteiger partial charge on any atom is 0.272 e. The molecule has 10 heteroatoms. The van der Waals surface area contributed by atoms with Crippen LogP contribution in [0.4, 0.5) is 0 Å². The second kappa shape index (κ2) is 12.1. The van der Waals surface area contributed by atoms with Crippen molar-refractivity contribution in [3.8, 4) is 23.0 Å². The van der Waals surface area contributed by atoms with Crippen molar-refractivity contribution in [2.24, 2.45) is 5.73 Å².